The molecule has 0 aliphatic heterocycles. The van der Waals surface area contributed by atoms with Gasteiger partial charge in [0.2, 0.25) is 0 Å². The van der Waals surface area contributed by atoms with Gasteiger partial charge in [0.05, 0.1) is 26.1 Å². The van der Waals surface area contributed by atoms with E-state index in [2.05, 4.69) is 15.9 Å². The van der Waals surface area contributed by atoms with Crippen molar-refractivity contribution in [2.24, 2.45) is 11.8 Å². The van der Waals surface area contributed by atoms with Gasteiger partial charge < -0.3 is 23.8 Å². The van der Waals surface area contributed by atoms with Gasteiger partial charge in [-0.05, 0) is 129 Å². The lowest BCUT2D eigenvalue weighted by atomic mass is 9.82. The number of rotatable bonds is 11. The van der Waals surface area contributed by atoms with Crippen LogP contribution in [0.3, 0.4) is 0 Å². The van der Waals surface area contributed by atoms with E-state index in [4.69, 9.17) is 18.9 Å². The smallest absolute Gasteiger partial charge is 0.314 e. The van der Waals surface area contributed by atoms with Gasteiger partial charge in [0.25, 0.3) is 5.91 Å². The number of halogens is 1. The van der Waals surface area contributed by atoms with Crippen LogP contribution in [0.1, 0.15) is 52.0 Å². The SMILES string of the molecule is COc1ccc(N(C)C(=O)c2ccc(OC(=O)C3CCC(C(=O)Oc4ccc(OC)cc4/C=C/C(=O)c4ccc(Br)cc4)CC3)cc2)cc1. The van der Waals surface area contributed by atoms with Crippen LogP contribution in [0, 0.1) is 11.8 Å². The van der Waals surface area contributed by atoms with Crippen LogP contribution in [-0.4, -0.2) is 44.9 Å². The highest BCUT2D eigenvalue weighted by molar-refractivity contribution is 9.10. The number of anilines is 1. The predicted molar refractivity (Wildman–Crippen MR) is 189 cm³/mol. The first kappa shape index (κ1) is 35.1. The largest absolute Gasteiger partial charge is 0.497 e. The summed E-state index contributed by atoms with van der Waals surface area (Å²) in [6.45, 7) is 0. The molecule has 0 atom stereocenters. The molecule has 0 heterocycles. The fraction of sp³-hybridized carbons (Fsp3) is 0.231. The number of ether oxygens (including phenoxy) is 4. The van der Waals surface area contributed by atoms with Crippen molar-refractivity contribution < 1.29 is 38.1 Å². The Balaban J connectivity index is 1.14. The van der Waals surface area contributed by atoms with E-state index < -0.39 is 5.97 Å². The molecule has 0 spiro atoms. The molecular formula is C39H36BrNO8. The average Bonchev–Trinajstić information content (AvgIpc) is 3.14. The zero-order valence-corrected chi connectivity index (χ0v) is 29.0. The molecule has 1 amide bonds. The number of hydrogen-bond acceptors (Lipinski definition) is 8. The third-order valence-electron chi connectivity index (χ3n) is 8.45. The highest BCUT2D eigenvalue weighted by Gasteiger charge is 2.32. The zero-order valence-electron chi connectivity index (χ0n) is 27.4. The molecule has 252 valence electrons. The van der Waals surface area contributed by atoms with Gasteiger partial charge >= 0.3 is 11.9 Å². The molecule has 10 heteroatoms. The first-order chi connectivity index (χ1) is 23.6. The summed E-state index contributed by atoms with van der Waals surface area (Å²) < 4.78 is 22.8. The Morgan fingerprint density at radius 2 is 1.20 bits per heavy atom. The van der Waals surface area contributed by atoms with Crippen molar-refractivity contribution >= 4 is 51.3 Å². The zero-order chi connectivity index (χ0) is 34.9. The quantitative estimate of drug-likeness (QED) is 0.0664. The lowest BCUT2D eigenvalue weighted by molar-refractivity contribution is -0.145. The first-order valence-electron chi connectivity index (χ1n) is 15.8. The number of carbonyl (C=O) groups is 4. The molecule has 1 aliphatic rings. The van der Waals surface area contributed by atoms with E-state index in [1.807, 2.05) is 0 Å². The minimum atomic E-state index is -0.397. The van der Waals surface area contributed by atoms with Crippen LogP contribution in [0.4, 0.5) is 5.69 Å². The molecule has 9 nitrogen and oxygen atoms in total. The van der Waals surface area contributed by atoms with Crippen LogP contribution >= 0.6 is 15.9 Å². The van der Waals surface area contributed by atoms with Gasteiger partial charge in [-0.3, -0.25) is 19.2 Å². The van der Waals surface area contributed by atoms with E-state index in [9.17, 15) is 19.2 Å². The Kier molecular flexibility index (Phi) is 11.6. The summed E-state index contributed by atoms with van der Waals surface area (Å²) in [5.74, 6) is -0.0286. The normalized spacial score (nSPS) is 15.7. The predicted octanol–water partition coefficient (Wildman–Crippen LogP) is 7.96. The molecule has 1 aliphatic carbocycles. The van der Waals surface area contributed by atoms with Gasteiger partial charge in [-0.15, -0.1) is 0 Å². The number of hydrogen-bond donors (Lipinski definition) is 0. The second-order valence-corrected chi connectivity index (χ2v) is 12.5. The number of benzene rings is 4. The molecule has 1 fully saturated rings. The average molecular weight is 727 g/mol. The van der Waals surface area contributed by atoms with Gasteiger partial charge in [0.15, 0.2) is 5.78 Å². The lowest BCUT2D eigenvalue weighted by Crippen LogP contribution is -2.30. The molecule has 0 radical (unpaired) electrons. The van der Waals surface area contributed by atoms with E-state index in [0.717, 1.165) is 4.47 Å². The number of carbonyl (C=O) groups excluding carboxylic acids is 4. The minimum Gasteiger partial charge on any atom is -0.497 e. The van der Waals surface area contributed by atoms with E-state index in [1.165, 1.54) is 18.1 Å². The number of ketones is 1. The van der Waals surface area contributed by atoms with Crippen molar-refractivity contribution in [2.75, 3.05) is 26.2 Å². The monoisotopic (exact) mass is 725 g/mol. The Hall–Kier alpha value is -5.22. The van der Waals surface area contributed by atoms with E-state index in [0.29, 0.717) is 71.1 Å². The van der Waals surface area contributed by atoms with E-state index in [1.54, 1.807) is 111 Å². The number of amides is 1. The van der Waals surface area contributed by atoms with Crippen LogP contribution < -0.4 is 23.8 Å². The Morgan fingerprint density at radius 3 is 1.80 bits per heavy atom. The van der Waals surface area contributed by atoms with Crippen LogP contribution in [0.5, 0.6) is 23.0 Å². The minimum absolute atomic E-state index is 0.195. The van der Waals surface area contributed by atoms with Crippen molar-refractivity contribution in [2.45, 2.75) is 25.7 Å². The van der Waals surface area contributed by atoms with Gasteiger partial charge in [0.1, 0.15) is 23.0 Å². The van der Waals surface area contributed by atoms with Crippen molar-refractivity contribution in [3.63, 3.8) is 0 Å². The summed E-state index contributed by atoms with van der Waals surface area (Å²) in [7, 11) is 4.80. The highest BCUT2D eigenvalue weighted by atomic mass is 79.9. The third-order valence-corrected chi connectivity index (χ3v) is 8.98. The lowest BCUT2D eigenvalue weighted by Gasteiger charge is -2.26. The molecular weight excluding hydrogens is 690 g/mol. The molecule has 0 aromatic heterocycles. The number of methoxy groups -OCH3 is 2. The van der Waals surface area contributed by atoms with Crippen molar-refractivity contribution in [1.29, 1.82) is 0 Å². The van der Waals surface area contributed by atoms with E-state index >= 15 is 0 Å². The maximum absolute atomic E-state index is 13.2. The Bertz CT molecular complexity index is 1830. The highest BCUT2D eigenvalue weighted by Crippen LogP contribution is 2.33. The summed E-state index contributed by atoms with van der Waals surface area (Å²) in [5.41, 5.74) is 2.21. The molecule has 4 aromatic carbocycles. The molecule has 0 unspecified atom stereocenters. The first-order valence-corrected chi connectivity index (χ1v) is 16.6. The van der Waals surface area contributed by atoms with Crippen molar-refractivity contribution in [1.82, 2.24) is 0 Å². The number of nitrogens with zero attached hydrogens (tertiary/aromatic N) is 1. The van der Waals surface area contributed by atoms with Crippen molar-refractivity contribution in [3.8, 4) is 23.0 Å². The summed E-state index contributed by atoms with van der Waals surface area (Å²) in [6.07, 6.45) is 4.90. The summed E-state index contributed by atoms with van der Waals surface area (Å²) in [5, 5.41) is 0. The molecule has 0 saturated heterocycles. The van der Waals surface area contributed by atoms with Crippen LogP contribution in [-0.2, 0) is 9.59 Å². The van der Waals surface area contributed by atoms with Crippen molar-refractivity contribution in [3.05, 3.63) is 118 Å². The van der Waals surface area contributed by atoms with Crippen LogP contribution in [0.15, 0.2) is 102 Å². The molecule has 5 rings (SSSR count). The standard InChI is InChI=1S/C39H36BrNO8/c1-41(31-15-19-32(46-2)20-16-31)37(43)26-10-17-33(18-11-26)48-38(44)27-4-6-28(7-5-27)39(45)49-36-23-21-34(47-3)24-29(36)12-22-35(42)25-8-13-30(40)14-9-25/h8-24,27-28H,4-7H2,1-3H3/b22-12+. The summed E-state index contributed by atoms with van der Waals surface area (Å²) in [4.78, 5) is 53.4. The fourth-order valence-electron chi connectivity index (χ4n) is 5.49. The summed E-state index contributed by atoms with van der Waals surface area (Å²) in [6, 6.07) is 25.7. The number of esters is 2. The van der Waals surface area contributed by atoms with Crippen LogP contribution in [0.2, 0.25) is 0 Å². The molecule has 4 aromatic rings. The van der Waals surface area contributed by atoms with E-state index in [-0.39, 0.29) is 29.5 Å². The maximum atomic E-state index is 13.2. The topological polar surface area (TPSA) is 108 Å². The van der Waals surface area contributed by atoms with Crippen LogP contribution in [0.25, 0.3) is 6.08 Å². The van der Waals surface area contributed by atoms with Gasteiger partial charge in [0, 0.05) is 33.9 Å². The molecule has 49 heavy (non-hydrogen) atoms. The van der Waals surface area contributed by atoms with Gasteiger partial charge in [-0.25, -0.2) is 0 Å². The number of allylic oxidation sites excluding steroid dienone is 1. The molecule has 0 bridgehead atoms. The Morgan fingerprint density at radius 1 is 0.673 bits per heavy atom. The summed E-state index contributed by atoms with van der Waals surface area (Å²) >= 11 is 3.37. The Labute approximate surface area is 293 Å². The second kappa shape index (κ2) is 16.3. The maximum Gasteiger partial charge on any atom is 0.314 e. The second-order valence-electron chi connectivity index (χ2n) is 11.6. The van der Waals surface area contributed by atoms with Gasteiger partial charge in [-0.2, -0.15) is 0 Å². The van der Waals surface area contributed by atoms with Gasteiger partial charge in [-0.1, -0.05) is 15.9 Å². The molecule has 1 saturated carbocycles. The fourth-order valence-corrected chi connectivity index (χ4v) is 5.76. The molecule has 0 N–H and O–H groups in total. The third kappa shape index (κ3) is 9.03.